The molecule has 3 heterocycles. The van der Waals surface area contributed by atoms with Gasteiger partial charge in [0.25, 0.3) is 0 Å². The number of aromatic amines is 1. The highest BCUT2D eigenvalue weighted by Gasteiger charge is 2.18. The second kappa shape index (κ2) is 3.58. The summed E-state index contributed by atoms with van der Waals surface area (Å²) in [7, 11) is 0. The summed E-state index contributed by atoms with van der Waals surface area (Å²) in [4.78, 5) is 15.9. The van der Waals surface area contributed by atoms with Gasteiger partial charge in [0.2, 0.25) is 0 Å². The Hall–Kier alpha value is -1.49. The minimum absolute atomic E-state index is 0.493. The molecule has 0 radical (unpaired) electrons. The van der Waals surface area contributed by atoms with E-state index in [9.17, 15) is 0 Å². The quantitative estimate of drug-likeness (QED) is 0.720. The van der Waals surface area contributed by atoms with Gasteiger partial charge in [-0.25, -0.2) is 15.0 Å². The summed E-state index contributed by atoms with van der Waals surface area (Å²) in [5.41, 5.74) is 1.70. The largest absolute Gasteiger partial charge is 0.339 e. The number of fused-ring (bicyclic) bond motifs is 1. The summed E-state index contributed by atoms with van der Waals surface area (Å²) in [6, 6.07) is 0. The minimum atomic E-state index is 0.493. The van der Waals surface area contributed by atoms with Crippen LogP contribution in [0.2, 0.25) is 0 Å². The predicted octanol–water partition coefficient (Wildman–Crippen LogP) is 0.820. The Morgan fingerprint density at radius 2 is 2.40 bits per heavy atom. The molecule has 0 amide bonds. The van der Waals surface area contributed by atoms with Gasteiger partial charge in [-0.2, -0.15) is 0 Å². The van der Waals surface area contributed by atoms with Crippen LogP contribution in [-0.4, -0.2) is 33.0 Å². The van der Waals surface area contributed by atoms with Gasteiger partial charge in [-0.3, -0.25) is 0 Å². The summed E-state index contributed by atoms with van der Waals surface area (Å²) in [5, 5.41) is 3.38. The van der Waals surface area contributed by atoms with Gasteiger partial charge in [0.1, 0.15) is 17.7 Å². The van der Waals surface area contributed by atoms with Crippen LogP contribution in [0.15, 0.2) is 12.5 Å². The van der Waals surface area contributed by atoms with E-state index in [1.807, 2.05) is 0 Å². The first kappa shape index (κ1) is 8.79. The van der Waals surface area contributed by atoms with Gasteiger partial charge in [-0.1, -0.05) is 0 Å². The zero-order chi connectivity index (χ0) is 10.1. The molecule has 0 spiro atoms. The average Bonchev–Trinajstić information content (AvgIpc) is 2.74. The minimum Gasteiger partial charge on any atom is -0.339 e. The lowest BCUT2D eigenvalue weighted by molar-refractivity contribution is 0.449. The fourth-order valence-electron chi connectivity index (χ4n) is 2.06. The molecular formula is C10H13N5. The number of rotatable bonds is 1. The Balaban J connectivity index is 1.96. The van der Waals surface area contributed by atoms with Crippen LogP contribution in [0.25, 0.3) is 11.2 Å². The van der Waals surface area contributed by atoms with Gasteiger partial charge < -0.3 is 10.3 Å². The van der Waals surface area contributed by atoms with Crippen LogP contribution in [0.1, 0.15) is 24.6 Å². The van der Waals surface area contributed by atoms with E-state index in [0.29, 0.717) is 5.92 Å². The van der Waals surface area contributed by atoms with E-state index >= 15 is 0 Å². The third-order valence-corrected chi connectivity index (χ3v) is 2.86. The second-order valence-electron chi connectivity index (χ2n) is 3.93. The molecule has 0 unspecified atom stereocenters. The fourth-order valence-corrected chi connectivity index (χ4v) is 2.06. The first-order valence-corrected chi connectivity index (χ1v) is 5.30. The molecule has 1 aliphatic rings. The van der Waals surface area contributed by atoms with E-state index < -0.39 is 0 Å². The molecule has 78 valence electrons. The van der Waals surface area contributed by atoms with Gasteiger partial charge in [0.15, 0.2) is 5.65 Å². The average molecular weight is 203 g/mol. The highest BCUT2D eigenvalue weighted by Crippen LogP contribution is 2.21. The molecule has 2 aromatic heterocycles. The molecule has 1 saturated heterocycles. The molecule has 3 rings (SSSR count). The van der Waals surface area contributed by atoms with Crippen molar-refractivity contribution < 1.29 is 0 Å². The van der Waals surface area contributed by atoms with Crippen molar-refractivity contribution in [3.63, 3.8) is 0 Å². The number of hydrogen-bond acceptors (Lipinski definition) is 4. The topological polar surface area (TPSA) is 66.5 Å². The van der Waals surface area contributed by atoms with Crippen molar-refractivity contribution in [1.82, 2.24) is 25.3 Å². The molecule has 1 atom stereocenters. The monoisotopic (exact) mass is 203 g/mol. The lowest BCUT2D eigenvalue weighted by Gasteiger charge is -2.20. The number of H-pyrrole nitrogens is 1. The predicted molar refractivity (Wildman–Crippen MR) is 56.5 cm³/mol. The van der Waals surface area contributed by atoms with Crippen molar-refractivity contribution >= 4 is 11.2 Å². The Morgan fingerprint density at radius 3 is 3.20 bits per heavy atom. The maximum absolute atomic E-state index is 4.49. The van der Waals surface area contributed by atoms with E-state index in [4.69, 9.17) is 0 Å². The SMILES string of the molecule is c1ncc2[nH]c([C@@H]3CCCNC3)nc2n1. The molecular weight excluding hydrogens is 190 g/mol. The molecule has 15 heavy (non-hydrogen) atoms. The maximum atomic E-state index is 4.49. The van der Waals surface area contributed by atoms with Crippen molar-refractivity contribution in [1.29, 1.82) is 0 Å². The summed E-state index contributed by atoms with van der Waals surface area (Å²) in [6.45, 7) is 2.13. The number of nitrogens with one attached hydrogen (secondary N) is 2. The highest BCUT2D eigenvalue weighted by molar-refractivity contribution is 5.68. The maximum Gasteiger partial charge on any atom is 0.180 e. The van der Waals surface area contributed by atoms with Crippen LogP contribution in [-0.2, 0) is 0 Å². The van der Waals surface area contributed by atoms with E-state index in [1.54, 1.807) is 6.20 Å². The number of piperidine rings is 1. The number of imidazole rings is 1. The molecule has 0 aliphatic carbocycles. The summed E-state index contributed by atoms with van der Waals surface area (Å²) >= 11 is 0. The normalized spacial score (nSPS) is 22.0. The first-order valence-electron chi connectivity index (χ1n) is 5.30. The zero-order valence-corrected chi connectivity index (χ0v) is 8.40. The molecule has 5 nitrogen and oxygen atoms in total. The van der Waals surface area contributed by atoms with Crippen LogP contribution >= 0.6 is 0 Å². The second-order valence-corrected chi connectivity index (χ2v) is 3.93. The van der Waals surface area contributed by atoms with Crippen LogP contribution in [0, 0.1) is 0 Å². The smallest absolute Gasteiger partial charge is 0.180 e. The van der Waals surface area contributed by atoms with E-state index in [0.717, 1.165) is 30.1 Å². The highest BCUT2D eigenvalue weighted by atomic mass is 15.0. The standard InChI is InChI=1S/C10H13N5/c1-2-7(4-11-3-1)9-14-8-5-12-6-13-10(8)15-9/h5-7,11H,1-4H2,(H,12,13,14,15)/t7-/m1/s1. The lowest BCUT2D eigenvalue weighted by atomic mass is 9.99. The Bertz CT molecular complexity index is 425. The van der Waals surface area contributed by atoms with E-state index in [-0.39, 0.29) is 0 Å². The van der Waals surface area contributed by atoms with Crippen molar-refractivity contribution in [2.24, 2.45) is 0 Å². The molecule has 2 N–H and O–H groups in total. The van der Waals surface area contributed by atoms with Gasteiger partial charge in [-0.05, 0) is 19.4 Å². The molecule has 0 saturated carbocycles. The first-order chi connectivity index (χ1) is 7.43. The molecule has 1 aliphatic heterocycles. The van der Waals surface area contributed by atoms with Gasteiger partial charge >= 0.3 is 0 Å². The zero-order valence-electron chi connectivity index (χ0n) is 8.40. The molecule has 2 aromatic rings. The van der Waals surface area contributed by atoms with Crippen LogP contribution in [0.5, 0.6) is 0 Å². The number of aromatic nitrogens is 4. The molecule has 0 aromatic carbocycles. The van der Waals surface area contributed by atoms with Crippen molar-refractivity contribution in [2.75, 3.05) is 13.1 Å². The van der Waals surface area contributed by atoms with Gasteiger partial charge in [-0.15, -0.1) is 0 Å². The Labute approximate surface area is 87.3 Å². The Kier molecular flexibility index (Phi) is 2.10. The van der Waals surface area contributed by atoms with Gasteiger partial charge in [0, 0.05) is 12.5 Å². The summed E-state index contributed by atoms with van der Waals surface area (Å²) in [6.07, 6.45) is 5.72. The third kappa shape index (κ3) is 1.59. The van der Waals surface area contributed by atoms with Crippen LogP contribution in [0.4, 0.5) is 0 Å². The third-order valence-electron chi connectivity index (χ3n) is 2.86. The van der Waals surface area contributed by atoms with Crippen LogP contribution in [0.3, 0.4) is 0 Å². The van der Waals surface area contributed by atoms with E-state index in [1.165, 1.54) is 19.2 Å². The van der Waals surface area contributed by atoms with E-state index in [2.05, 4.69) is 25.3 Å². The van der Waals surface area contributed by atoms with Crippen molar-refractivity contribution in [2.45, 2.75) is 18.8 Å². The fraction of sp³-hybridized carbons (Fsp3) is 0.500. The molecule has 5 heteroatoms. The number of nitrogens with zero attached hydrogens (tertiary/aromatic N) is 3. The summed E-state index contributed by atoms with van der Waals surface area (Å²) in [5.74, 6) is 1.53. The molecule has 0 bridgehead atoms. The Morgan fingerprint density at radius 1 is 1.40 bits per heavy atom. The number of hydrogen-bond donors (Lipinski definition) is 2. The summed E-state index contributed by atoms with van der Waals surface area (Å²) < 4.78 is 0. The lowest BCUT2D eigenvalue weighted by Crippen LogP contribution is -2.28. The van der Waals surface area contributed by atoms with Crippen molar-refractivity contribution in [3.05, 3.63) is 18.3 Å². The van der Waals surface area contributed by atoms with Gasteiger partial charge in [0.05, 0.1) is 6.20 Å². The molecule has 1 fully saturated rings. The van der Waals surface area contributed by atoms with Crippen molar-refractivity contribution in [3.8, 4) is 0 Å². The van der Waals surface area contributed by atoms with Crippen LogP contribution < -0.4 is 5.32 Å².